The summed E-state index contributed by atoms with van der Waals surface area (Å²) >= 11 is 5.72. The number of nitrogens with zero attached hydrogens (tertiary/aromatic N) is 2. The summed E-state index contributed by atoms with van der Waals surface area (Å²) in [5.74, 6) is 0. The van der Waals surface area contributed by atoms with Crippen molar-refractivity contribution in [3.05, 3.63) is 27.9 Å². The van der Waals surface area contributed by atoms with Gasteiger partial charge in [0.25, 0.3) is 0 Å². The Hall–Kier alpha value is -0.870. The maximum absolute atomic E-state index is 11.2. The lowest BCUT2D eigenvalue weighted by Crippen LogP contribution is -2.24. The monoisotopic (exact) mass is 215 g/mol. The average molecular weight is 216 g/mol. The molecule has 0 saturated heterocycles. The first-order valence-corrected chi connectivity index (χ1v) is 5.04. The van der Waals surface area contributed by atoms with Crippen molar-refractivity contribution in [1.29, 1.82) is 0 Å². The maximum Gasteiger partial charge on any atom is 0.347 e. The molecule has 0 atom stereocenters. The molecule has 1 aromatic heterocycles. The molecule has 1 heterocycles. The second-order valence-corrected chi connectivity index (χ2v) is 3.39. The molecular formula is C9H14ClN3O. The van der Waals surface area contributed by atoms with E-state index in [-0.39, 0.29) is 5.69 Å². The summed E-state index contributed by atoms with van der Waals surface area (Å²) < 4.78 is 1.53. The van der Waals surface area contributed by atoms with Crippen LogP contribution < -0.4 is 11.0 Å². The molecular weight excluding hydrogens is 202 g/mol. The Balaban J connectivity index is 2.49. The Bertz CT molecular complexity index is 337. The molecule has 4 nitrogen and oxygen atoms in total. The number of aromatic nitrogens is 2. The fourth-order valence-electron chi connectivity index (χ4n) is 1.14. The molecule has 0 aliphatic carbocycles. The van der Waals surface area contributed by atoms with Crippen LogP contribution in [0, 0.1) is 0 Å². The van der Waals surface area contributed by atoms with Gasteiger partial charge in [-0.2, -0.15) is 0 Å². The first-order chi connectivity index (χ1) is 6.74. The fourth-order valence-corrected chi connectivity index (χ4v) is 1.31. The van der Waals surface area contributed by atoms with Crippen molar-refractivity contribution in [3.63, 3.8) is 0 Å². The molecule has 0 aromatic carbocycles. The highest BCUT2D eigenvalue weighted by Crippen LogP contribution is 2.01. The van der Waals surface area contributed by atoms with Gasteiger partial charge in [-0.25, -0.2) is 9.78 Å². The van der Waals surface area contributed by atoms with Crippen molar-refractivity contribution in [1.82, 2.24) is 14.9 Å². The molecule has 0 aliphatic rings. The molecule has 1 rings (SSSR count). The van der Waals surface area contributed by atoms with Crippen LogP contribution in [-0.2, 0) is 6.54 Å². The molecule has 1 N–H and O–H groups in total. The van der Waals surface area contributed by atoms with Gasteiger partial charge >= 0.3 is 5.69 Å². The molecule has 0 saturated carbocycles. The summed E-state index contributed by atoms with van der Waals surface area (Å²) in [6, 6.07) is 0. The van der Waals surface area contributed by atoms with Gasteiger partial charge in [-0.1, -0.05) is 18.5 Å². The lowest BCUT2D eigenvalue weighted by atomic mass is 10.4. The van der Waals surface area contributed by atoms with Crippen molar-refractivity contribution in [3.8, 4) is 0 Å². The lowest BCUT2D eigenvalue weighted by molar-refractivity contribution is 0.571. The van der Waals surface area contributed by atoms with Gasteiger partial charge in [0.15, 0.2) is 0 Å². The minimum absolute atomic E-state index is 0.245. The highest BCUT2D eigenvalue weighted by Gasteiger charge is 1.97. The Kier molecular flexibility index (Phi) is 4.62. The number of hydrogen-bond acceptors (Lipinski definition) is 3. The lowest BCUT2D eigenvalue weighted by Gasteiger charge is -2.04. The topological polar surface area (TPSA) is 46.9 Å². The molecule has 0 fully saturated rings. The zero-order valence-electron chi connectivity index (χ0n) is 8.16. The number of hydrogen-bond donors (Lipinski definition) is 1. The average Bonchev–Trinajstić information content (AvgIpc) is 2.18. The largest absolute Gasteiger partial charge is 0.347 e. The van der Waals surface area contributed by atoms with Gasteiger partial charge < -0.3 is 5.32 Å². The van der Waals surface area contributed by atoms with Crippen molar-refractivity contribution < 1.29 is 0 Å². The van der Waals surface area contributed by atoms with Gasteiger partial charge in [-0.05, 0) is 19.5 Å². The van der Waals surface area contributed by atoms with Crippen LogP contribution in [0.2, 0.25) is 5.02 Å². The van der Waals surface area contributed by atoms with E-state index >= 15 is 0 Å². The van der Waals surface area contributed by atoms with Crippen molar-refractivity contribution >= 4 is 11.6 Å². The van der Waals surface area contributed by atoms with E-state index in [1.807, 2.05) is 6.92 Å². The maximum atomic E-state index is 11.2. The summed E-state index contributed by atoms with van der Waals surface area (Å²) in [5.41, 5.74) is -0.245. The first kappa shape index (κ1) is 11.2. The predicted octanol–water partition coefficient (Wildman–Crippen LogP) is 0.896. The summed E-state index contributed by atoms with van der Waals surface area (Å²) in [6.45, 7) is 4.55. The highest BCUT2D eigenvalue weighted by molar-refractivity contribution is 6.30. The SMILES string of the molecule is CCNCCCn1cc(Cl)cnc1=O. The number of nitrogens with one attached hydrogen (secondary N) is 1. The van der Waals surface area contributed by atoms with Crippen LogP contribution >= 0.6 is 11.6 Å². The van der Waals surface area contributed by atoms with E-state index in [1.165, 1.54) is 10.8 Å². The van der Waals surface area contributed by atoms with E-state index in [9.17, 15) is 4.79 Å². The highest BCUT2D eigenvalue weighted by atomic mass is 35.5. The van der Waals surface area contributed by atoms with Crippen LogP contribution in [-0.4, -0.2) is 22.6 Å². The number of halogens is 1. The standard InChI is InChI=1S/C9H14ClN3O/c1-2-11-4-3-5-13-7-8(10)6-12-9(13)14/h6-7,11H,2-5H2,1H3. The van der Waals surface area contributed by atoms with Crippen LogP contribution in [0.3, 0.4) is 0 Å². The van der Waals surface area contributed by atoms with Gasteiger partial charge in [-0.3, -0.25) is 4.57 Å². The van der Waals surface area contributed by atoms with E-state index in [2.05, 4.69) is 10.3 Å². The molecule has 14 heavy (non-hydrogen) atoms. The van der Waals surface area contributed by atoms with Gasteiger partial charge in [0.1, 0.15) is 0 Å². The minimum atomic E-state index is -0.245. The Morgan fingerprint density at radius 3 is 3.14 bits per heavy atom. The minimum Gasteiger partial charge on any atom is -0.317 e. The molecule has 0 amide bonds. The molecule has 1 aromatic rings. The van der Waals surface area contributed by atoms with Crippen LogP contribution in [0.1, 0.15) is 13.3 Å². The van der Waals surface area contributed by atoms with E-state index in [0.29, 0.717) is 11.6 Å². The smallest absolute Gasteiger partial charge is 0.317 e. The van der Waals surface area contributed by atoms with E-state index < -0.39 is 0 Å². The van der Waals surface area contributed by atoms with Crippen LogP contribution in [0.25, 0.3) is 0 Å². The van der Waals surface area contributed by atoms with E-state index in [0.717, 1.165) is 19.5 Å². The molecule has 0 spiro atoms. The fraction of sp³-hybridized carbons (Fsp3) is 0.556. The third-order valence-electron chi connectivity index (χ3n) is 1.83. The van der Waals surface area contributed by atoms with Crippen molar-refractivity contribution in [2.75, 3.05) is 13.1 Å². The van der Waals surface area contributed by atoms with E-state index in [4.69, 9.17) is 11.6 Å². The third-order valence-corrected chi connectivity index (χ3v) is 2.02. The van der Waals surface area contributed by atoms with Crippen LogP contribution in [0.4, 0.5) is 0 Å². The Labute approximate surface area is 87.9 Å². The van der Waals surface area contributed by atoms with E-state index in [1.54, 1.807) is 6.20 Å². The Morgan fingerprint density at radius 1 is 1.64 bits per heavy atom. The molecule has 0 radical (unpaired) electrons. The zero-order valence-corrected chi connectivity index (χ0v) is 8.92. The molecule has 78 valence electrons. The van der Waals surface area contributed by atoms with Crippen LogP contribution in [0.5, 0.6) is 0 Å². The zero-order chi connectivity index (χ0) is 10.4. The molecule has 0 unspecified atom stereocenters. The van der Waals surface area contributed by atoms with Crippen molar-refractivity contribution in [2.24, 2.45) is 0 Å². The van der Waals surface area contributed by atoms with Gasteiger partial charge in [0.05, 0.1) is 11.2 Å². The second-order valence-electron chi connectivity index (χ2n) is 2.96. The normalized spacial score (nSPS) is 10.4. The van der Waals surface area contributed by atoms with Gasteiger partial charge in [0, 0.05) is 12.7 Å². The third kappa shape index (κ3) is 3.47. The van der Waals surface area contributed by atoms with Crippen molar-refractivity contribution in [2.45, 2.75) is 19.9 Å². The Morgan fingerprint density at radius 2 is 2.43 bits per heavy atom. The summed E-state index contributed by atoms with van der Waals surface area (Å²) in [4.78, 5) is 14.8. The summed E-state index contributed by atoms with van der Waals surface area (Å²) in [7, 11) is 0. The second kappa shape index (κ2) is 5.78. The summed E-state index contributed by atoms with van der Waals surface area (Å²) in [5, 5.41) is 3.68. The van der Waals surface area contributed by atoms with Gasteiger partial charge in [-0.15, -0.1) is 0 Å². The first-order valence-electron chi connectivity index (χ1n) is 4.66. The molecule has 5 heteroatoms. The molecule has 0 aliphatic heterocycles. The van der Waals surface area contributed by atoms with Crippen LogP contribution in [0.15, 0.2) is 17.2 Å². The number of rotatable bonds is 5. The molecule has 0 bridgehead atoms. The summed E-state index contributed by atoms with van der Waals surface area (Å²) in [6.07, 6.45) is 3.88. The quantitative estimate of drug-likeness (QED) is 0.743. The van der Waals surface area contributed by atoms with Gasteiger partial charge in [0.2, 0.25) is 0 Å². The predicted molar refractivity (Wildman–Crippen MR) is 56.7 cm³/mol. The number of aryl methyl sites for hydroxylation is 1.